The van der Waals surface area contributed by atoms with Gasteiger partial charge >= 0.3 is 12.1 Å². The topological polar surface area (TPSA) is 127 Å². The van der Waals surface area contributed by atoms with Gasteiger partial charge in [-0.05, 0) is 35.1 Å². The van der Waals surface area contributed by atoms with Crippen LogP contribution in [0.5, 0.6) is 0 Å². The number of hydrogen-bond acceptors (Lipinski definition) is 6. The first-order chi connectivity index (χ1) is 17.0. The van der Waals surface area contributed by atoms with Crippen LogP contribution < -0.4 is 5.32 Å². The van der Waals surface area contributed by atoms with Gasteiger partial charge in [-0.1, -0.05) is 53.7 Å². The predicted octanol–water partition coefficient (Wildman–Crippen LogP) is 2.51. The molecule has 0 unspecified atom stereocenters. The highest BCUT2D eigenvalue weighted by Gasteiger charge is 2.35. The van der Waals surface area contributed by atoms with Gasteiger partial charge in [0.25, 0.3) is 5.91 Å². The standard InChI is InChI=1S/C25H25N5O5/c31-23(32)14-30(16-9-10-16)24(33)22-13-29(28-27-22)12-11-26-25(34)35-15-21-19-7-3-1-5-17(19)18-6-2-4-8-20(18)21/h1-8,13,16,21H,9-12,14-15H2,(H,26,34)(H,31,32). The molecule has 0 spiro atoms. The van der Waals surface area contributed by atoms with Gasteiger partial charge in [0.05, 0.1) is 12.7 Å². The van der Waals surface area contributed by atoms with E-state index >= 15 is 0 Å². The summed E-state index contributed by atoms with van der Waals surface area (Å²) in [7, 11) is 0. The lowest BCUT2D eigenvalue weighted by molar-refractivity contribution is -0.137. The van der Waals surface area contributed by atoms with Crippen molar-refractivity contribution in [2.75, 3.05) is 19.7 Å². The molecule has 0 bridgehead atoms. The molecule has 1 aromatic heterocycles. The van der Waals surface area contributed by atoms with Crippen molar-refractivity contribution < 1.29 is 24.2 Å². The number of aliphatic carboxylic acids is 1. The molecule has 2 aromatic carbocycles. The summed E-state index contributed by atoms with van der Waals surface area (Å²) in [6.45, 7) is 0.379. The van der Waals surface area contributed by atoms with Gasteiger partial charge in [0.1, 0.15) is 13.2 Å². The van der Waals surface area contributed by atoms with Crippen LogP contribution in [-0.2, 0) is 16.1 Å². The van der Waals surface area contributed by atoms with Crippen molar-refractivity contribution in [2.24, 2.45) is 0 Å². The lowest BCUT2D eigenvalue weighted by Crippen LogP contribution is -2.37. The number of nitrogens with zero attached hydrogens (tertiary/aromatic N) is 4. The van der Waals surface area contributed by atoms with Crippen molar-refractivity contribution in [1.82, 2.24) is 25.2 Å². The second-order valence-electron chi connectivity index (χ2n) is 8.68. The Bertz CT molecular complexity index is 1220. The Balaban J connectivity index is 1.12. The van der Waals surface area contributed by atoms with E-state index < -0.39 is 18.0 Å². The number of carboxylic acid groups (broad SMARTS) is 1. The number of alkyl carbamates (subject to hydrolysis) is 1. The SMILES string of the molecule is O=C(O)CN(C(=O)c1cn(CCNC(=O)OCC2c3ccccc3-c3ccccc32)nn1)C1CC1. The third kappa shape index (κ3) is 4.86. The van der Waals surface area contributed by atoms with Crippen LogP contribution in [0.1, 0.15) is 40.4 Å². The molecule has 0 atom stereocenters. The molecule has 180 valence electrons. The molecule has 2 amide bonds. The van der Waals surface area contributed by atoms with Crippen molar-refractivity contribution in [3.63, 3.8) is 0 Å². The quantitative estimate of drug-likeness (QED) is 0.487. The Morgan fingerprint density at radius 3 is 2.34 bits per heavy atom. The molecule has 1 saturated carbocycles. The van der Waals surface area contributed by atoms with E-state index in [9.17, 15) is 14.4 Å². The van der Waals surface area contributed by atoms with Gasteiger partial charge in [-0.25, -0.2) is 9.48 Å². The highest BCUT2D eigenvalue weighted by atomic mass is 16.5. The molecule has 5 rings (SSSR count). The van der Waals surface area contributed by atoms with E-state index in [1.165, 1.54) is 15.8 Å². The molecular formula is C25H25N5O5. The van der Waals surface area contributed by atoms with Gasteiger partial charge in [-0.2, -0.15) is 0 Å². The molecule has 35 heavy (non-hydrogen) atoms. The van der Waals surface area contributed by atoms with Crippen LogP contribution in [-0.4, -0.2) is 68.7 Å². The van der Waals surface area contributed by atoms with E-state index in [-0.39, 0.29) is 43.9 Å². The number of nitrogens with one attached hydrogen (secondary N) is 1. The zero-order valence-electron chi connectivity index (χ0n) is 19.0. The molecule has 1 heterocycles. The summed E-state index contributed by atoms with van der Waals surface area (Å²) in [5.41, 5.74) is 4.70. The average molecular weight is 476 g/mol. The zero-order valence-corrected chi connectivity index (χ0v) is 19.0. The summed E-state index contributed by atoms with van der Waals surface area (Å²) >= 11 is 0. The number of fused-ring (bicyclic) bond motifs is 3. The number of rotatable bonds is 9. The molecule has 0 radical (unpaired) electrons. The highest BCUT2D eigenvalue weighted by Crippen LogP contribution is 2.44. The summed E-state index contributed by atoms with van der Waals surface area (Å²) in [4.78, 5) is 37.3. The number of carbonyl (C=O) groups is 3. The summed E-state index contributed by atoms with van der Waals surface area (Å²) in [5, 5.41) is 19.5. The van der Waals surface area contributed by atoms with Crippen LogP contribution in [0.3, 0.4) is 0 Å². The van der Waals surface area contributed by atoms with Crippen molar-refractivity contribution in [2.45, 2.75) is 31.3 Å². The van der Waals surface area contributed by atoms with Crippen molar-refractivity contribution in [1.29, 1.82) is 0 Å². The Hall–Kier alpha value is -4.21. The number of ether oxygens (including phenoxy) is 1. The van der Waals surface area contributed by atoms with Crippen molar-refractivity contribution >= 4 is 18.0 Å². The number of benzene rings is 2. The molecule has 2 aliphatic rings. The summed E-state index contributed by atoms with van der Waals surface area (Å²) in [6, 6.07) is 16.2. The van der Waals surface area contributed by atoms with Gasteiger partial charge in [0, 0.05) is 18.5 Å². The summed E-state index contributed by atoms with van der Waals surface area (Å²) in [5.74, 6) is -1.53. The number of aromatic nitrogens is 3. The Labute approximate surface area is 201 Å². The smallest absolute Gasteiger partial charge is 0.407 e. The lowest BCUT2D eigenvalue weighted by Gasteiger charge is -2.18. The molecule has 1 fully saturated rings. The fourth-order valence-corrected chi connectivity index (χ4v) is 4.47. The van der Waals surface area contributed by atoms with Crippen molar-refractivity contribution in [3.8, 4) is 11.1 Å². The Morgan fingerprint density at radius 2 is 1.71 bits per heavy atom. The lowest BCUT2D eigenvalue weighted by atomic mass is 9.98. The minimum atomic E-state index is -1.06. The molecule has 0 saturated heterocycles. The largest absolute Gasteiger partial charge is 0.480 e. The second-order valence-corrected chi connectivity index (χ2v) is 8.68. The molecule has 0 aliphatic heterocycles. The van der Waals surface area contributed by atoms with E-state index in [1.54, 1.807) is 0 Å². The van der Waals surface area contributed by atoms with Gasteiger partial charge in [0.2, 0.25) is 0 Å². The first kappa shape index (κ1) is 22.6. The highest BCUT2D eigenvalue weighted by molar-refractivity contribution is 5.94. The van der Waals surface area contributed by atoms with E-state index in [1.807, 2.05) is 24.3 Å². The second kappa shape index (κ2) is 9.57. The van der Waals surface area contributed by atoms with Gasteiger partial charge < -0.3 is 20.1 Å². The van der Waals surface area contributed by atoms with Gasteiger partial charge in [-0.3, -0.25) is 9.59 Å². The third-order valence-electron chi connectivity index (χ3n) is 6.27. The molecule has 10 heteroatoms. The monoisotopic (exact) mass is 475 g/mol. The van der Waals surface area contributed by atoms with Gasteiger partial charge in [-0.15, -0.1) is 5.10 Å². The van der Waals surface area contributed by atoms with E-state index in [4.69, 9.17) is 9.84 Å². The number of carbonyl (C=O) groups excluding carboxylic acids is 2. The number of amides is 2. The maximum atomic E-state index is 12.6. The van der Waals surface area contributed by atoms with Crippen LogP contribution in [0.4, 0.5) is 4.79 Å². The van der Waals surface area contributed by atoms with Crippen LogP contribution in [0.25, 0.3) is 11.1 Å². The average Bonchev–Trinajstić information content (AvgIpc) is 3.51. The summed E-state index contributed by atoms with van der Waals surface area (Å²) in [6.07, 6.45) is 2.50. The Morgan fingerprint density at radius 1 is 1.06 bits per heavy atom. The van der Waals surface area contributed by atoms with Crippen LogP contribution in [0.15, 0.2) is 54.7 Å². The minimum absolute atomic E-state index is 0.0164. The van der Waals surface area contributed by atoms with E-state index in [2.05, 4.69) is 39.9 Å². The van der Waals surface area contributed by atoms with Crippen LogP contribution in [0, 0.1) is 0 Å². The van der Waals surface area contributed by atoms with E-state index in [0.717, 1.165) is 35.1 Å². The first-order valence-corrected chi connectivity index (χ1v) is 11.5. The first-order valence-electron chi connectivity index (χ1n) is 11.5. The maximum Gasteiger partial charge on any atom is 0.407 e. The minimum Gasteiger partial charge on any atom is -0.480 e. The third-order valence-corrected chi connectivity index (χ3v) is 6.27. The molecule has 2 aliphatic carbocycles. The molecule has 2 N–H and O–H groups in total. The molecule has 10 nitrogen and oxygen atoms in total. The maximum absolute atomic E-state index is 12.6. The van der Waals surface area contributed by atoms with Crippen molar-refractivity contribution in [3.05, 3.63) is 71.5 Å². The van der Waals surface area contributed by atoms with Gasteiger partial charge in [0.15, 0.2) is 5.69 Å². The molecular weight excluding hydrogens is 450 g/mol. The number of carboxylic acids is 1. The Kier molecular flexibility index (Phi) is 6.17. The van der Waals surface area contributed by atoms with E-state index in [0.29, 0.717) is 0 Å². The predicted molar refractivity (Wildman–Crippen MR) is 125 cm³/mol. The fourth-order valence-electron chi connectivity index (χ4n) is 4.47. The zero-order chi connectivity index (χ0) is 24.4. The normalized spacial score (nSPS) is 14.2. The molecule has 3 aromatic rings. The van der Waals surface area contributed by atoms with Crippen LogP contribution >= 0.6 is 0 Å². The van der Waals surface area contributed by atoms with Crippen LogP contribution in [0.2, 0.25) is 0 Å². The number of hydrogen-bond donors (Lipinski definition) is 2. The summed E-state index contributed by atoms with van der Waals surface area (Å²) < 4.78 is 6.94. The fraction of sp³-hybridized carbons (Fsp3) is 0.320.